The zero-order valence-corrected chi connectivity index (χ0v) is 26.5. The number of aryl methyl sites for hydroxylation is 4. The van der Waals surface area contributed by atoms with Crippen LogP contribution >= 0.6 is 0 Å². The zero-order chi connectivity index (χ0) is 30.3. The van der Waals surface area contributed by atoms with Gasteiger partial charge in [-0.2, -0.15) is 0 Å². The van der Waals surface area contributed by atoms with Crippen LogP contribution in [0.25, 0.3) is 44.4 Å². The van der Waals surface area contributed by atoms with Crippen molar-refractivity contribution >= 4 is 56.3 Å². The van der Waals surface area contributed by atoms with Crippen LogP contribution in [-0.2, 0) is 39.2 Å². The first-order chi connectivity index (χ1) is 20.0. The molecule has 0 saturated heterocycles. The van der Waals surface area contributed by atoms with Gasteiger partial charge in [-0.05, 0) is 122 Å². The fourth-order valence-corrected chi connectivity index (χ4v) is 6.22. The van der Waals surface area contributed by atoms with E-state index in [1.54, 1.807) is 0 Å². The van der Waals surface area contributed by atoms with E-state index in [1.807, 2.05) is 26.0 Å². The Balaban J connectivity index is 0.00000423. The summed E-state index contributed by atoms with van der Waals surface area (Å²) >= 11 is 0. The van der Waals surface area contributed by atoms with Gasteiger partial charge in [0.25, 0.3) is 0 Å². The number of rotatable bonds is 8. The molecule has 0 aromatic carbocycles. The number of aromatic nitrogens is 4. The van der Waals surface area contributed by atoms with Gasteiger partial charge in [-0.3, -0.25) is 9.59 Å². The molecule has 1 radical (unpaired) electrons. The molecule has 0 fully saturated rings. The van der Waals surface area contributed by atoms with E-state index in [2.05, 4.69) is 49.8 Å². The molecule has 5 heterocycles. The van der Waals surface area contributed by atoms with Crippen LogP contribution in [0.5, 0.6) is 0 Å². The Kier molecular flexibility index (Phi) is 9.46. The average Bonchev–Trinajstić information content (AvgIpc) is 3.59. The summed E-state index contributed by atoms with van der Waals surface area (Å²) in [6.45, 7) is 12.5. The predicted octanol–water partition coefficient (Wildman–Crippen LogP) is 7.64. The third-order valence-electron chi connectivity index (χ3n) is 8.69. The van der Waals surface area contributed by atoms with Crippen molar-refractivity contribution in [2.24, 2.45) is 0 Å². The average molecular weight is 626 g/mol. The largest absolute Gasteiger partial charge is 0.481 e. The SMILES string of the molecule is CCc1c(C)c2cc3[nH]c(cc4nc(cc5nc(cc1[nH]2)C(C)=C5CCC(=O)O)C(CCC(=O)O)=C4C)c(C)c3CC.[Co]. The second-order valence-electron chi connectivity index (χ2n) is 11.2. The van der Waals surface area contributed by atoms with Gasteiger partial charge in [0.05, 0.1) is 22.8 Å². The quantitative estimate of drug-likeness (QED) is 0.203. The summed E-state index contributed by atoms with van der Waals surface area (Å²) in [5.74, 6) is -1.74. The molecule has 0 aliphatic carbocycles. The Hall–Kier alpha value is -3.95. The van der Waals surface area contributed by atoms with Crippen LogP contribution in [0.4, 0.5) is 0 Å². The first-order valence-corrected chi connectivity index (χ1v) is 14.6. The van der Waals surface area contributed by atoms with E-state index < -0.39 is 11.9 Å². The van der Waals surface area contributed by atoms with Crippen molar-refractivity contribution in [2.75, 3.05) is 0 Å². The molecule has 0 saturated carbocycles. The third kappa shape index (κ3) is 6.10. The number of hydrogen-bond donors (Lipinski definition) is 4. The molecule has 0 atom stereocenters. The summed E-state index contributed by atoms with van der Waals surface area (Å²) in [5.41, 5.74) is 15.4. The number of hydrogen-bond acceptors (Lipinski definition) is 4. The van der Waals surface area contributed by atoms with Crippen LogP contribution in [0.1, 0.15) is 98.4 Å². The van der Waals surface area contributed by atoms with Crippen LogP contribution in [0.2, 0.25) is 0 Å². The first kappa shape index (κ1) is 32.0. The Labute approximate surface area is 261 Å². The van der Waals surface area contributed by atoms with E-state index in [0.717, 1.165) is 74.2 Å². The van der Waals surface area contributed by atoms with E-state index in [1.165, 1.54) is 16.7 Å². The standard InChI is InChI=1S/C34H38N4O4.Co/c1-7-21-17(3)25-13-26-19(5)23(9-11-33(39)40)31(37-26)16-32-24(10-12-34(41)42)20(6)28(38-32)15-30-22(8-2)18(4)27(36-30)14-29(21)35-25;/h13-16,35-36H,7-12H2,1-6H3,(H,39,40)(H,41,42);. The van der Waals surface area contributed by atoms with Crippen molar-refractivity contribution in [1.82, 2.24) is 19.9 Å². The monoisotopic (exact) mass is 625 g/mol. The molecule has 4 N–H and O–H groups in total. The van der Waals surface area contributed by atoms with Crippen LogP contribution in [0.3, 0.4) is 0 Å². The molecule has 0 amide bonds. The van der Waals surface area contributed by atoms with Crippen molar-refractivity contribution < 1.29 is 36.6 Å². The minimum Gasteiger partial charge on any atom is -0.481 e. The summed E-state index contributed by atoms with van der Waals surface area (Å²) in [6.07, 6.45) is 2.37. The van der Waals surface area contributed by atoms with Crippen LogP contribution in [0, 0.1) is 13.8 Å². The van der Waals surface area contributed by atoms with Gasteiger partial charge in [0.15, 0.2) is 0 Å². The zero-order valence-electron chi connectivity index (χ0n) is 25.5. The van der Waals surface area contributed by atoms with Crippen LogP contribution < -0.4 is 0 Å². The molecule has 43 heavy (non-hydrogen) atoms. The summed E-state index contributed by atoms with van der Waals surface area (Å²) < 4.78 is 0. The van der Waals surface area contributed by atoms with Crippen LogP contribution in [0.15, 0.2) is 24.3 Å². The second-order valence-corrected chi connectivity index (χ2v) is 11.2. The number of H-pyrrole nitrogens is 2. The van der Waals surface area contributed by atoms with Crippen molar-refractivity contribution in [1.29, 1.82) is 0 Å². The van der Waals surface area contributed by atoms with E-state index in [-0.39, 0.29) is 29.6 Å². The Morgan fingerprint density at radius 2 is 1.02 bits per heavy atom. The molecule has 227 valence electrons. The third-order valence-corrected chi connectivity index (χ3v) is 8.69. The maximum atomic E-state index is 11.5. The fourth-order valence-electron chi connectivity index (χ4n) is 6.22. The number of aromatic amines is 2. The van der Waals surface area contributed by atoms with Crippen molar-refractivity contribution in [3.63, 3.8) is 0 Å². The number of aliphatic carboxylic acids is 2. The summed E-state index contributed by atoms with van der Waals surface area (Å²) in [4.78, 5) is 40.3. The van der Waals surface area contributed by atoms with E-state index in [4.69, 9.17) is 9.97 Å². The number of carbonyl (C=O) groups is 2. The number of nitrogens with one attached hydrogen (secondary N) is 2. The number of nitrogens with zero attached hydrogens (tertiary/aromatic N) is 2. The summed E-state index contributed by atoms with van der Waals surface area (Å²) in [6, 6.07) is 8.19. The topological polar surface area (TPSA) is 132 Å². The van der Waals surface area contributed by atoms with Gasteiger partial charge in [0.2, 0.25) is 0 Å². The Morgan fingerprint density at radius 1 is 0.628 bits per heavy atom. The minimum absolute atomic E-state index is 0. The Morgan fingerprint density at radius 3 is 1.44 bits per heavy atom. The van der Waals surface area contributed by atoms with Crippen molar-refractivity contribution in [3.8, 4) is 0 Å². The smallest absolute Gasteiger partial charge is 0.303 e. The van der Waals surface area contributed by atoms with Gasteiger partial charge in [0, 0.05) is 51.7 Å². The molecule has 2 aliphatic heterocycles. The second kappa shape index (κ2) is 12.7. The normalized spacial score (nSPS) is 13.0. The molecular weight excluding hydrogens is 587 g/mol. The Bertz CT molecular complexity index is 1860. The van der Waals surface area contributed by atoms with E-state index >= 15 is 0 Å². The summed E-state index contributed by atoms with van der Waals surface area (Å²) in [7, 11) is 0. The maximum Gasteiger partial charge on any atom is 0.303 e. The number of carboxylic acids is 2. The van der Waals surface area contributed by atoms with Gasteiger partial charge in [-0.15, -0.1) is 0 Å². The number of carboxylic acid groups (broad SMARTS) is 2. The number of allylic oxidation sites excluding steroid dienone is 4. The number of fused-ring (bicyclic) bond motifs is 8. The molecular formula is C34H38CoN4O4. The van der Waals surface area contributed by atoms with Gasteiger partial charge in [-0.25, -0.2) is 9.97 Å². The fraction of sp³-hybridized carbons (Fsp3) is 0.353. The summed E-state index contributed by atoms with van der Waals surface area (Å²) in [5, 5.41) is 18.9. The molecule has 0 spiro atoms. The molecule has 2 aliphatic rings. The molecule has 5 rings (SSSR count). The molecule has 0 unspecified atom stereocenters. The van der Waals surface area contributed by atoms with Crippen molar-refractivity contribution in [3.05, 3.63) is 69.3 Å². The van der Waals surface area contributed by atoms with Crippen LogP contribution in [-0.4, -0.2) is 42.1 Å². The first-order valence-electron chi connectivity index (χ1n) is 14.6. The van der Waals surface area contributed by atoms with Gasteiger partial charge in [0.1, 0.15) is 0 Å². The van der Waals surface area contributed by atoms with Gasteiger partial charge < -0.3 is 20.2 Å². The van der Waals surface area contributed by atoms with Gasteiger partial charge >= 0.3 is 11.9 Å². The van der Waals surface area contributed by atoms with E-state index in [9.17, 15) is 19.8 Å². The molecule has 3 aromatic rings. The molecule has 8 nitrogen and oxygen atoms in total. The predicted molar refractivity (Wildman–Crippen MR) is 168 cm³/mol. The minimum atomic E-state index is -0.869. The van der Waals surface area contributed by atoms with Gasteiger partial charge in [-0.1, -0.05) is 13.8 Å². The molecule has 3 aromatic heterocycles. The maximum absolute atomic E-state index is 11.5. The van der Waals surface area contributed by atoms with Crippen molar-refractivity contribution in [2.45, 2.75) is 80.1 Å². The van der Waals surface area contributed by atoms with E-state index in [0.29, 0.717) is 24.2 Å². The molecule has 8 bridgehead atoms. The molecule has 9 heteroatoms.